The van der Waals surface area contributed by atoms with E-state index in [1.807, 2.05) is 18.2 Å². The fourth-order valence-electron chi connectivity index (χ4n) is 10.3. The van der Waals surface area contributed by atoms with Crippen molar-refractivity contribution in [2.75, 3.05) is 0 Å². The molecule has 0 aliphatic rings. The number of benzene rings is 11. The van der Waals surface area contributed by atoms with Crippen molar-refractivity contribution in [1.82, 2.24) is 19.5 Å². The molecule has 0 amide bonds. The number of hydrogen-bond acceptors (Lipinski definition) is 4. The Morgan fingerprint density at radius 2 is 0.875 bits per heavy atom. The van der Waals surface area contributed by atoms with Crippen LogP contribution >= 0.6 is 0 Å². The SMILES string of the molecule is c1ccc(-c2nc(-c3cc4ccccc4c4ccccc34)nc(-c3cc4c5cccc(-n6c7cc8ccccc8cc7c7c8ccccc8ccc76)c5oc4c4ccccc34)n2)cc1. The molecule has 0 radical (unpaired) electrons. The molecule has 11 aromatic carbocycles. The average molecular weight is 815 g/mol. The molecule has 0 fully saturated rings. The van der Waals surface area contributed by atoms with E-state index in [9.17, 15) is 0 Å². The predicted octanol–water partition coefficient (Wildman–Crippen LogP) is 15.6. The number of aromatic nitrogens is 4. The standard InChI is InChI=1S/C59H34N4O/c1-2-16-36(17-3-1)57-60-58(48-32-39-20-7-8-21-40(39)42-23-10-11-24-43(42)48)62-59(61-57)49-34-47-46-27-14-28-52(56(46)64-55(47)45-26-13-12-25-44(45)49)63-51-30-29-35-15-6-9-22-41(35)54(51)50-31-37-18-4-5-19-38(37)33-53(50)63/h1-34H. The van der Waals surface area contributed by atoms with Crippen LogP contribution in [-0.2, 0) is 0 Å². The minimum atomic E-state index is 0.603. The van der Waals surface area contributed by atoms with Crippen molar-refractivity contribution in [3.05, 3.63) is 206 Å². The summed E-state index contributed by atoms with van der Waals surface area (Å²) in [5, 5.41) is 15.9. The summed E-state index contributed by atoms with van der Waals surface area (Å²) >= 11 is 0. The molecule has 0 aliphatic carbocycles. The molecule has 0 spiro atoms. The number of para-hydroxylation sites is 1. The van der Waals surface area contributed by atoms with Crippen LogP contribution in [0.25, 0.3) is 137 Å². The summed E-state index contributed by atoms with van der Waals surface area (Å²) in [6.45, 7) is 0. The van der Waals surface area contributed by atoms with Crippen molar-refractivity contribution in [2.45, 2.75) is 0 Å². The maximum atomic E-state index is 7.19. The summed E-state index contributed by atoms with van der Waals surface area (Å²) in [6.07, 6.45) is 0. The quantitative estimate of drug-likeness (QED) is 0.166. The zero-order valence-corrected chi connectivity index (χ0v) is 34.3. The van der Waals surface area contributed by atoms with Crippen LogP contribution in [-0.4, -0.2) is 19.5 Å². The molecular formula is C59H34N4O. The Bertz CT molecular complexity index is 4260. The third-order valence-electron chi connectivity index (χ3n) is 13.2. The number of nitrogens with zero attached hydrogens (tertiary/aromatic N) is 4. The van der Waals surface area contributed by atoms with Gasteiger partial charge in [-0.3, -0.25) is 0 Å². The smallest absolute Gasteiger partial charge is 0.164 e. The Morgan fingerprint density at radius 1 is 0.312 bits per heavy atom. The predicted molar refractivity (Wildman–Crippen MR) is 265 cm³/mol. The highest BCUT2D eigenvalue weighted by molar-refractivity contribution is 6.25. The zero-order valence-electron chi connectivity index (χ0n) is 34.3. The van der Waals surface area contributed by atoms with E-state index in [0.717, 1.165) is 82.3 Å². The maximum absolute atomic E-state index is 7.19. The average Bonchev–Trinajstić information content (AvgIpc) is 3.91. The highest BCUT2D eigenvalue weighted by Crippen LogP contribution is 2.45. The number of fused-ring (bicyclic) bond motifs is 14. The molecule has 296 valence electrons. The lowest BCUT2D eigenvalue weighted by Crippen LogP contribution is -2.01. The molecular weight excluding hydrogens is 781 g/mol. The number of furan rings is 1. The Labute approximate surface area is 366 Å². The molecule has 64 heavy (non-hydrogen) atoms. The maximum Gasteiger partial charge on any atom is 0.164 e. The third kappa shape index (κ3) is 5.09. The Hall–Kier alpha value is -8.67. The van der Waals surface area contributed by atoms with Gasteiger partial charge < -0.3 is 8.98 Å². The molecule has 0 atom stereocenters. The third-order valence-corrected chi connectivity index (χ3v) is 13.2. The van der Waals surface area contributed by atoms with Crippen LogP contribution in [0, 0.1) is 0 Å². The molecule has 0 saturated heterocycles. The summed E-state index contributed by atoms with van der Waals surface area (Å²) in [5.74, 6) is 1.85. The lowest BCUT2D eigenvalue weighted by molar-refractivity contribution is 0.670. The van der Waals surface area contributed by atoms with Gasteiger partial charge in [-0.2, -0.15) is 0 Å². The van der Waals surface area contributed by atoms with E-state index in [1.54, 1.807) is 0 Å². The Balaban J connectivity index is 1.05. The first-order chi connectivity index (χ1) is 31.7. The van der Waals surface area contributed by atoms with Crippen LogP contribution < -0.4 is 0 Å². The Kier molecular flexibility index (Phi) is 7.33. The second-order valence-electron chi connectivity index (χ2n) is 16.7. The summed E-state index contributed by atoms with van der Waals surface area (Å²) in [7, 11) is 0. The van der Waals surface area contributed by atoms with Gasteiger partial charge in [-0.25, -0.2) is 15.0 Å². The van der Waals surface area contributed by atoms with Crippen LogP contribution in [0.5, 0.6) is 0 Å². The van der Waals surface area contributed by atoms with Gasteiger partial charge in [-0.15, -0.1) is 0 Å². The van der Waals surface area contributed by atoms with Gasteiger partial charge in [-0.1, -0.05) is 170 Å². The van der Waals surface area contributed by atoms with Crippen LogP contribution in [0.3, 0.4) is 0 Å². The fourth-order valence-corrected chi connectivity index (χ4v) is 10.3. The summed E-state index contributed by atoms with van der Waals surface area (Å²) in [6, 6.07) is 73.2. The highest BCUT2D eigenvalue weighted by Gasteiger charge is 2.23. The van der Waals surface area contributed by atoms with Crippen LogP contribution in [0.1, 0.15) is 0 Å². The molecule has 0 aliphatic heterocycles. The van der Waals surface area contributed by atoms with Crippen molar-refractivity contribution >= 4 is 97.6 Å². The molecule has 0 bridgehead atoms. The van der Waals surface area contributed by atoms with Crippen molar-refractivity contribution in [2.24, 2.45) is 0 Å². The van der Waals surface area contributed by atoms with Crippen LogP contribution in [0.15, 0.2) is 211 Å². The molecule has 3 aromatic heterocycles. The Morgan fingerprint density at radius 3 is 1.66 bits per heavy atom. The molecule has 0 saturated carbocycles. The number of hydrogen-bond donors (Lipinski definition) is 0. The summed E-state index contributed by atoms with van der Waals surface area (Å²) < 4.78 is 9.58. The zero-order chi connectivity index (χ0) is 41.9. The van der Waals surface area contributed by atoms with E-state index < -0.39 is 0 Å². The molecule has 0 N–H and O–H groups in total. The topological polar surface area (TPSA) is 56.7 Å². The van der Waals surface area contributed by atoms with Gasteiger partial charge in [0.05, 0.1) is 16.7 Å². The van der Waals surface area contributed by atoms with E-state index in [2.05, 4.69) is 193 Å². The molecule has 5 heteroatoms. The van der Waals surface area contributed by atoms with Crippen LogP contribution in [0.4, 0.5) is 0 Å². The van der Waals surface area contributed by atoms with Gasteiger partial charge in [0.1, 0.15) is 5.58 Å². The van der Waals surface area contributed by atoms with E-state index in [0.29, 0.717) is 17.5 Å². The number of rotatable bonds is 4. The van der Waals surface area contributed by atoms with E-state index in [1.165, 1.54) is 37.7 Å². The first-order valence-corrected chi connectivity index (χ1v) is 21.7. The van der Waals surface area contributed by atoms with Crippen molar-refractivity contribution < 1.29 is 4.42 Å². The second-order valence-corrected chi connectivity index (χ2v) is 16.7. The van der Waals surface area contributed by atoms with Gasteiger partial charge in [0.25, 0.3) is 0 Å². The highest BCUT2D eigenvalue weighted by atomic mass is 16.3. The largest absolute Gasteiger partial charge is 0.453 e. The van der Waals surface area contributed by atoms with Crippen LogP contribution in [0.2, 0.25) is 0 Å². The summed E-state index contributed by atoms with van der Waals surface area (Å²) in [4.78, 5) is 15.9. The van der Waals surface area contributed by atoms with E-state index >= 15 is 0 Å². The van der Waals surface area contributed by atoms with E-state index in [-0.39, 0.29) is 0 Å². The molecule has 3 heterocycles. The molecule has 0 unspecified atom stereocenters. The van der Waals surface area contributed by atoms with Gasteiger partial charge in [-0.05, 0) is 84.9 Å². The fraction of sp³-hybridized carbons (Fsp3) is 0. The van der Waals surface area contributed by atoms with Crippen molar-refractivity contribution in [3.8, 4) is 39.9 Å². The van der Waals surface area contributed by atoms with Crippen molar-refractivity contribution in [3.63, 3.8) is 0 Å². The van der Waals surface area contributed by atoms with E-state index in [4.69, 9.17) is 19.4 Å². The normalized spacial score (nSPS) is 12.1. The molecule has 14 rings (SSSR count). The minimum Gasteiger partial charge on any atom is -0.453 e. The van der Waals surface area contributed by atoms with Gasteiger partial charge in [0.15, 0.2) is 23.1 Å². The van der Waals surface area contributed by atoms with Gasteiger partial charge in [0, 0.05) is 43.6 Å². The minimum absolute atomic E-state index is 0.603. The van der Waals surface area contributed by atoms with Crippen molar-refractivity contribution in [1.29, 1.82) is 0 Å². The first-order valence-electron chi connectivity index (χ1n) is 21.7. The lowest BCUT2D eigenvalue weighted by atomic mass is 9.96. The van der Waals surface area contributed by atoms with Gasteiger partial charge >= 0.3 is 0 Å². The molecule has 14 aromatic rings. The lowest BCUT2D eigenvalue weighted by Gasteiger charge is -2.13. The monoisotopic (exact) mass is 814 g/mol. The second kappa shape index (κ2) is 13.4. The molecule has 5 nitrogen and oxygen atoms in total. The summed E-state index contributed by atoms with van der Waals surface area (Å²) in [5.41, 5.74) is 7.71. The first kappa shape index (κ1) is 35.0. The van der Waals surface area contributed by atoms with Gasteiger partial charge in [0.2, 0.25) is 0 Å².